The molecule has 1 saturated heterocycles. The minimum atomic E-state index is -3.89. The monoisotopic (exact) mass is 493 g/mol. The van der Waals surface area contributed by atoms with Gasteiger partial charge in [0.25, 0.3) is 0 Å². The van der Waals surface area contributed by atoms with Crippen LogP contribution in [0.2, 0.25) is 0 Å². The first kappa shape index (κ1) is 22.2. The molecular formula is C25H27N5O4S. The highest BCUT2D eigenvalue weighted by atomic mass is 32.2. The third-order valence-corrected chi connectivity index (χ3v) is 9.29. The maximum absolute atomic E-state index is 13.7. The quantitative estimate of drug-likeness (QED) is 0.559. The number of carbonyl (C=O) groups is 2. The number of aromatic nitrogens is 2. The van der Waals surface area contributed by atoms with Gasteiger partial charge >= 0.3 is 0 Å². The Balaban J connectivity index is 1.30. The zero-order chi connectivity index (χ0) is 24.5. The summed E-state index contributed by atoms with van der Waals surface area (Å²) in [6.07, 6.45) is 1.71. The highest BCUT2D eigenvalue weighted by Crippen LogP contribution is 2.36. The zero-order valence-electron chi connectivity index (χ0n) is 19.7. The molecule has 0 bridgehead atoms. The van der Waals surface area contributed by atoms with Crippen molar-refractivity contribution in [3.05, 3.63) is 48.0 Å². The van der Waals surface area contributed by atoms with Gasteiger partial charge in [0, 0.05) is 38.3 Å². The number of hydrogen-bond donors (Lipinski definition) is 0. The number of anilines is 2. The molecule has 1 aromatic heterocycles. The van der Waals surface area contributed by atoms with E-state index in [1.54, 1.807) is 28.0 Å². The van der Waals surface area contributed by atoms with Crippen LogP contribution in [0.3, 0.4) is 0 Å². The fourth-order valence-electron chi connectivity index (χ4n) is 5.84. The van der Waals surface area contributed by atoms with Crippen LogP contribution in [0.5, 0.6) is 0 Å². The predicted octanol–water partition coefficient (Wildman–Crippen LogP) is 2.53. The number of rotatable bonds is 3. The lowest BCUT2D eigenvalue weighted by atomic mass is 10.1. The lowest BCUT2D eigenvalue weighted by Crippen LogP contribution is -2.47. The van der Waals surface area contributed by atoms with Crippen molar-refractivity contribution in [3.63, 3.8) is 0 Å². The van der Waals surface area contributed by atoms with Gasteiger partial charge in [-0.2, -0.15) is 4.31 Å². The van der Waals surface area contributed by atoms with Gasteiger partial charge in [0.2, 0.25) is 27.8 Å². The number of imidazole rings is 1. The molecule has 9 nitrogen and oxygen atoms in total. The van der Waals surface area contributed by atoms with E-state index in [0.717, 1.165) is 22.3 Å². The second-order valence-corrected chi connectivity index (χ2v) is 11.4. The predicted molar refractivity (Wildman–Crippen MR) is 132 cm³/mol. The van der Waals surface area contributed by atoms with Gasteiger partial charge in [-0.05, 0) is 62.1 Å². The smallest absolute Gasteiger partial charge is 0.247 e. The Kier molecular flexibility index (Phi) is 5.01. The van der Waals surface area contributed by atoms with Crippen molar-refractivity contribution in [2.45, 2.75) is 56.6 Å². The summed E-state index contributed by atoms with van der Waals surface area (Å²) in [7, 11) is -3.89. The van der Waals surface area contributed by atoms with E-state index in [1.165, 1.54) is 11.2 Å². The van der Waals surface area contributed by atoms with Crippen molar-refractivity contribution in [2.75, 3.05) is 22.9 Å². The second-order valence-electron chi connectivity index (χ2n) is 9.55. The lowest BCUT2D eigenvalue weighted by molar-refractivity contribution is -0.121. The number of amides is 2. The van der Waals surface area contributed by atoms with Crippen LogP contribution in [0.15, 0.2) is 47.4 Å². The highest BCUT2D eigenvalue weighted by Gasteiger charge is 2.44. The largest absolute Gasteiger partial charge is 0.309 e. The summed E-state index contributed by atoms with van der Waals surface area (Å²) in [5, 5.41) is 0. The minimum absolute atomic E-state index is 0.0176. The average Bonchev–Trinajstić information content (AvgIpc) is 3.59. The Morgan fingerprint density at radius 3 is 2.66 bits per heavy atom. The molecule has 3 aromatic rings. The first-order chi connectivity index (χ1) is 16.8. The van der Waals surface area contributed by atoms with Crippen molar-refractivity contribution < 1.29 is 18.0 Å². The molecule has 0 aliphatic carbocycles. The van der Waals surface area contributed by atoms with Crippen LogP contribution in [0.25, 0.3) is 11.0 Å². The van der Waals surface area contributed by atoms with E-state index < -0.39 is 16.1 Å². The summed E-state index contributed by atoms with van der Waals surface area (Å²) in [4.78, 5) is 33.8. The van der Waals surface area contributed by atoms with Gasteiger partial charge in [0.05, 0.1) is 15.9 Å². The van der Waals surface area contributed by atoms with Crippen LogP contribution in [-0.4, -0.2) is 59.3 Å². The van der Waals surface area contributed by atoms with Crippen LogP contribution in [0, 0.1) is 0 Å². The number of benzene rings is 2. The summed E-state index contributed by atoms with van der Waals surface area (Å²) >= 11 is 0. The topological polar surface area (TPSA) is 95.8 Å². The zero-order valence-corrected chi connectivity index (χ0v) is 20.5. The molecule has 35 heavy (non-hydrogen) atoms. The van der Waals surface area contributed by atoms with Crippen molar-refractivity contribution in [1.82, 2.24) is 13.9 Å². The van der Waals surface area contributed by atoms with Gasteiger partial charge in [0.15, 0.2) is 0 Å². The number of sulfonamides is 1. The molecule has 2 amide bonds. The first-order valence-electron chi connectivity index (χ1n) is 12.0. The minimum Gasteiger partial charge on any atom is -0.309 e. The third-order valence-electron chi connectivity index (χ3n) is 7.39. The van der Waals surface area contributed by atoms with Crippen molar-refractivity contribution in [3.8, 4) is 0 Å². The van der Waals surface area contributed by atoms with E-state index in [4.69, 9.17) is 0 Å². The summed E-state index contributed by atoms with van der Waals surface area (Å²) in [6, 6.07) is 11.9. The van der Waals surface area contributed by atoms with Gasteiger partial charge in [-0.3, -0.25) is 14.5 Å². The molecule has 0 saturated carbocycles. The number of carbonyl (C=O) groups excluding carboxylic acids is 2. The summed E-state index contributed by atoms with van der Waals surface area (Å²) < 4.78 is 30.8. The van der Waals surface area contributed by atoms with Gasteiger partial charge in [-0.1, -0.05) is 12.1 Å². The average molecular weight is 494 g/mol. The summed E-state index contributed by atoms with van der Waals surface area (Å²) in [5.41, 5.74) is 3.39. The maximum Gasteiger partial charge on any atom is 0.247 e. The standard InChI is InChI=1S/C25H27N5O4S/c1-16-14-18-15-19(9-10-21(18)30(16)17(2)31)35(33,34)29-11-5-8-23(29)24(32)28-13-12-27-22-7-4-3-6-20(22)26-25(27)28/h3-4,6-7,9-10,15-16,23H,5,8,11-14H2,1-2H3/t16-,23-/m0/s1. The third kappa shape index (κ3) is 3.30. The molecule has 2 atom stereocenters. The molecule has 0 radical (unpaired) electrons. The SMILES string of the molecule is CC(=O)N1c2ccc(S(=O)(=O)N3CCC[C@H]3C(=O)N3CCn4c3nc3ccccc34)cc2C[C@@H]1C. The lowest BCUT2D eigenvalue weighted by Gasteiger charge is -2.26. The van der Waals surface area contributed by atoms with Crippen LogP contribution in [0.4, 0.5) is 11.6 Å². The Bertz CT molecular complexity index is 1480. The first-order valence-corrected chi connectivity index (χ1v) is 13.4. The molecular weight excluding hydrogens is 466 g/mol. The molecule has 6 rings (SSSR count). The summed E-state index contributed by atoms with van der Waals surface area (Å²) in [5.74, 6) is 0.294. The van der Waals surface area contributed by atoms with Crippen LogP contribution in [0.1, 0.15) is 32.3 Å². The molecule has 0 N–H and O–H groups in total. The van der Waals surface area contributed by atoms with Gasteiger partial charge in [-0.15, -0.1) is 0 Å². The number of para-hydroxylation sites is 2. The Morgan fingerprint density at radius 2 is 1.86 bits per heavy atom. The van der Waals surface area contributed by atoms with Gasteiger partial charge < -0.3 is 9.47 Å². The Hall–Kier alpha value is -3.24. The fourth-order valence-corrected chi connectivity index (χ4v) is 7.54. The molecule has 3 aliphatic rings. The van der Waals surface area contributed by atoms with E-state index in [-0.39, 0.29) is 22.8 Å². The van der Waals surface area contributed by atoms with E-state index in [0.29, 0.717) is 44.8 Å². The summed E-state index contributed by atoms with van der Waals surface area (Å²) in [6.45, 7) is 4.89. The van der Waals surface area contributed by atoms with Gasteiger partial charge in [0.1, 0.15) is 6.04 Å². The Labute approximate surface area is 204 Å². The van der Waals surface area contributed by atoms with Crippen LogP contribution in [-0.2, 0) is 32.6 Å². The van der Waals surface area contributed by atoms with E-state index in [2.05, 4.69) is 4.98 Å². The fraction of sp³-hybridized carbons (Fsp3) is 0.400. The van der Waals surface area contributed by atoms with E-state index >= 15 is 0 Å². The molecule has 182 valence electrons. The molecule has 3 aliphatic heterocycles. The molecule has 2 aromatic carbocycles. The molecule has 0 unspecified atom stereocenters. The normalized spacial score (nSPS) is 22.1. The van der Waals surface area contributed by atoms with Crippen molar-refractivity contribution in [2.24, 2.45) is 0 Å². The van der Waals surface area contributed by atoms with E-state index in [9.17, 15) is 18.0 Å². The van der Waals surface area contributed by atoms with Crippen LogP contribution < -0.4 is 9.80 Å². The maximum atomic E-state index is 13.7. The molecule has 4 heterocycles. The van der Waals surface area contributed by atoms with Crippen LogP contribution >= 0.6 is 0 Å². The van der Waals surface area contributed by atoms with Crippen molar-refractivity contribution >= 4 is 44.5 Å². The number of hydrogen-bond acceptors (Lipinski definition) is 5. The highest BCUT2D eigenvalue weighted by molar-refractivity contribution is 7.89. The number of nitrogens with zero attached hydrogens (tertiary/aromatic N) is 5. The molecule has 10 heteroatoms. The van der Waals surface area contributed by atoms with Crippen molar-refractivity contribution in [1.29, 1.82) is 0 Å². The molecule has 0 spiro atoms. The number of fused-ring (bicyclic) bond motifs is 4. The second kappa shape index (κ2) is 7.89. The van der Waals surface area contributed by atoms with Gasteiger partial charge in [-0.25, -0.2) is 13.4 Å². The Morgan fingerprint density at radius 1 is 1.06 bits per heavy atom. The van der Waals surface area contributed by atoms with E-state index in [1.807, 2.05) is 35.8 Å². The molecule has 1 fully saturated rings.